The van der Waals surface area contributed by atoms with E-state index >= 15 is 0 Å². The zero-order chi connectivity index (χ0) is 15.6. The zero-order valence-corrected chi connectivity index (χ0v) is 12.9. The number of ketones is 1. The Morgan fingerprint density at radius 3 is 2.52 bits per heavy atom. The summed E-state index contributed by atoms with van der Waals surface area (Å²) in [5, 5.41) is 7.29. The first-order valence-electron chi connectivity index (χ1n) is 6.48. The van der Waals surface area contributed by atoms with E-state index in [0.717, 1.165) is 5.56 Å². The van der Waals surface area contributed by atoms with E-state index < -0.39 is 11.7 Å². The smallest absolute Gasteiger partial charge is 0.292 e. The monoisotopic (exact) mass is 305 g/mol. The quantitative estimate of drug-likeness (QED) is 0.695. The van der Waals surface area contributed by atoms with E-state index in [9.17, 15) is 9.59 Å². The number of hydrogen-bond acceptors (Lipinski definition) is 3. The van der Waals surface area contributed by atoms with Crippen LogP contribution in [0.4, 0.5) is 0 Å². The minimum atomic E-state index is -0.658. The second-order valence-electron chi connectivity index (χ2n) is 4.77. The number of Topliss-reactive ketones (excluding diaryl/α,β-unsaturated/α-hetero) is 1. The van der Waals surface area contributed by atoms with Crippen molar-refractivity contribution >= 4 is 23.3 Å². The van der Waals surface area contributed by atoms with Gasteiger partial charge in [0.25, 0.3) is 11.7 Å². The summed E-state index contributed by atoms with van der Waals surface area (Å²) in [6.45, 7) is 3.68. The van der Waals surface area contributed by atoms with E-state index in [1.54, 1.807) is 43.8 Å². The maximum atomic E-state index is 12.2. The predicted octanol–water partition coefficient (Wildman–Crippen LogP) is 2.19. The summed E-state index contributed by atoms with van der Waals surface area (Å²) >= 11 is 6.01. The number of amides is 1. The second kappa shape index (κ2) is 6.10. The molecular weight excluding hydrogens is 290 g/mol. The van der Waals surface area contributed by atoms with E-state index in [1.807, 2.05) is 6.07 Å². The number of rotatable bonds is 4. The van der Waals surface area contributed by atoms with Gasteiger partial charge in [-0.3, -0.25) is 14.3 Å². The minimum Gasteiger partial charge on any atom is -0.345 e. The molecule has 0 spiro atoms. The summed E-state index contributed by atoms with van der Waals surface area (Å²) in [6, 6.07) is 7.17. The van der Waals surface area contributed by atoms with Crippen LogP contribution in [-0.2, 0) is 18.4 Å². The Morgan fingerprint density at radius 2 is 1.95 bits per heavy atom. The molecule has 1 amide bonds. The molecule has 1 aromatic heterocycles. The van der Waals surface area contributed by atoms with Crippen molar-refractivity contribution in [3.8, 4) is 0 Å². The first kappa shape index (κ1) is 15.3. The van der Waals surface area contributed by atoms with Gasteiger partial charge in [0.2, 0.25) is 0 Å². The van der Waals surface area contributed by atoms with Crippen LogP contribution in [0.25, 0.3) is 0 Å². The van der Waals surface area contributed by atoms with Crippen molar-refractivity contribution < 1.29 is 9.59 Å². The number of nitrogens with zero attached hydrogens (tertiary/aromatic N) is 2. The van der Waals surface area contributed by atoms with Crippen molar-refractivity contribution in [1.82, 2.24) is 15.1 Å². The highest BCUT2D eigenvalue weighted by Gasteiger charge is 2.23. The Bertz CT molecular complexity index is 707. The van der Waals surface area contributed by atoms with Crippen molar-refractivity contribution in [2.24, 2.45) is 7.05 Å². The van der Waals surface area contributed by atoms with Crippen LogP contribution in [0.3, 0.4) is 0 Å². The first-order chi connectivity index (χ1) is 9.91. The van der Waals surface area contributed by atoms with Gasteiger partial charge in [-0.05, 0) is 25.5 Å². The molecular formula is C15H16ClN3O2. The van der Waals surface area contributed by atoms with Crippen molar-refractivity contribution in [2.45, 2.75) is 20.4 Å². The van der Waals surface area contributed by atoms with Crippen LogP contribution in [0.15, 0.2) is 24.3 Å². The summed E-state index contributed by atoms with van der Waals surface area (Å²) in [5.41, 5.74) is 2.34. The molecule has 110 valence electrons. The Kier molecular flexibility index (Phi) is 4.43. The molecule has 0 unspecified atom stereocenters. The Labute approximate surface area is 127 Å². The molecule has 1 aromatic carbocycles. The predicted molar refractivity (Wildman–Crippen MR) is 80.3 cm³/mol. The average molecular weight is 306 g/mol. The van der Waals surface area contributed by atoms with Gasteiger partial charge in [-0.25, -0.2) is 0 Å². The van der Waals surface area contributed by atoms with Crippen molar-refractivity contribution in [3.63, 3.8) is 0 Å². The third kappa shape index (κ3) is 3.13. The van der Waals surface area contributed by atoms with Gasteiger partial charge in [-0.2, -0.15) is 5.10 Å². The Morgan fingerprint density at radius 1 is 1.29 bits per heavy atom. The third-order valence-electron chi connectivity index (χ3n) is 3.34. The molecule has 0 radical (unpaired) electrons. The van der Waals surface area contributed by atoms with Gasteiger partial charge in [-0.1, -0.05) is 29.8 Å². The lowest BCUT2D eigenvalue weighted by Gasteiger charge is -2.06. The summed E-state index contributed by atoms with van der Waals surface area (Å²) < 4.78 is 1.59. The van der Waals surface area contributed by atoms with Gasteiger partial charge in [0.15, 0.2) is 0 Å². The zero-order valence-electron chi connectivity index (χ0n) is 12.1. The Balaban J connectivity index is 2.10. The molecule has 2 aromatic rings. The third-order valence-corrected chi connectivity index (χ3v) is 3.71. The number of aromatic nitrogens is 2. The lowest BCUT2D eigenvalue weighted by molar-refractivity contribution is -0.117. The van der Waals surface area contributed by atoms with Crippen LogP contribution in [0, 0.1) is 13.8 Å². The largest absolute Gasteiger partial charge is 0.345 e. The highest BCUT2D eigenvalue weighted by atomic mass is 35.5. The Hall–Kier alpha value is -2.14. The van der Waals surface area contributed by atoms with Crippen molar-refractivity contribution in [1.29, 1.82) is 0 Å². The van der Waals surface area contributed by atoms with Crippen LogP contribution >= 0.6 is 11.6 Å². The maximum Gasteiger partial charge on any atom is 0.292 e. The normalized spacial score (nSPS) is 10.5. The standard InChI is InChI=1S/C15H16ClN3O2/c1-9-13(10(2)19(3)18-9)14(20)15(21)17-8-11-6-4-5-7-12(11)16/h4-7H,8H2,1-3H3,(H,17,21). The maximum absolute atomic E-state index is 12.2. The number of carbonyl (C=O) groups is 2. The molecule has 21 heavy (non-hydrogen) atoms. The van der Waals surface area contributed by atoms with Gasteiger partial charge < -0.3 is 5.32 Å². The topological polar surface area (TPSA) is 64.0 Å². The molecule has 0 aliphatic carbocycles. The highest BCUT2D eigenvalue weighted by molar-refractivity contribution is 6.43. The van der Waals surface area contributed by atoms with Crippen molar-refractivity contribution in [2.75, 3.05) is 0 Å². The lowest BCUT2D eigenvalue weighted by atomic mass is 10.1. The summed E-state index contributed by atoms with van der Waals surface area (Å²) in [7, 11) is 1.74. The second-order valence-corrected chi connectivity index (χ2v) is 5.18. The summed E-state index contributed by atoms with van der Waals surface area (Å²) in [5.74, 6) is -1.24. The van der Waals surface area contributed by atoms with Crippen LogP contribution in [0.5, 0.6) is 0 Å². The van der Waals surface area contributed by atoms with Crippen LogP contribution < -0.4 is 5.32 Å². The number of nitrogens with one attached hydrogen (secondary N) is 1. The molecule has 0 saturated carbocycles. The van der Waals surface area contributed by atoms with E-state index in [1.165, 1.54) is 0 Å². The number of benzene rings is 1. The van der Waals surface area contributed by atoms with E-state index in [4.69, 9.17) is 11.6 Å². The number of aryl methyl sites for hydroxylation is 2. The fourth-order valence-corrected chi connectivity index (χ4v) is 2.32. The van der Waals surface area contributed by atoms with Crippen LogP contribution in [0.1, 0.15) is 27.3 Å². The molecule has 0 atom stereocenters. The fraction of sp³-hybridized carbons (Fsp3) is 0.267. The van der Waals surface area contributed by atoms with Gasteiger partial charge in [0.1, 0.15) is 0 Å². The number of carbonyl (C=O) groups excluding carboxylic acids is 2. The molecule has 1 heterocycles. The molecule has 5 nitrogen and oxygen atoms in total. The number of hydrogen-bond donors (Lipinski definition) is 1. The minimum absolute atomic E-state index is 0.211. The molecule has 0 bridgehead atoms. The molecule has 0 fully saturated rings. The molecule has 0 aliphatic rings. The summed E-state index contributed by atoms with van der Waals surface area (Å²) in [4.78, 5) is 24.2. The van der Waals surface area contributed by atoms with Crippen LogP contribution in [0.2, 0.25) is 5.02 Å². The van der Waals surface area contributed by atoms with Gasteiger partial charge in [0.05, 0.1) is 11.3 Å². The number of halogens is 1. The fourth-order valence-electron chi connectivity index (χ4n) is 2.11. The average Bonchev–Trinajstić information content (AvgIpc) is 2.70. The van der Waals surface area contributed by atoms with E-state index in [2.05, 4.69) is 10.4 Å². The van der Waals surface area contributed by atoms with Gasteiger partial charge in [-0.15, -0.1) is 0 Å². The van der Waals surface area contributed by atoms with E-state index in [0.29, 0.717) is 22.0 Å². The molecule has 6 heteroatoms. The summed E-state index contributed by atoms with van der Waals surface area (Å²) in [6.07, 6.45) is 0. The lowest BCUT2D eigenvalue weighted by Crippen LogP contribution is -2.31. The van der Waals surface area contributed by atoms with E-state index in [-0.39, 0.29) is 6.54 Å². The van der Waals surface area contributed by atoms with Crippen LogP contribution in [-0.4, -0.2) is 21.5 Å². The van der Waals surface area contributed by atoms with Gasteiger partial charge in [0, 0.05) is 24.3 Å². The highest BCUT2D eigenvalue weighted by Crippen LogP contribution is 2.15. The first-order valence-corrected chi connectivity index (χ1v) is 6.85. The molecule has 2 rings (SSSR count). The van der Waals surface area contributed by atoms with Crippen molar-refractivity contribution in [3.05, 3.63) is 51.8 Å². The molecule has 0 aliphatic heterocycles. The molecule has 0 saturated heterocycles. The SMILES string of the molecule is Cc1nn(C)c(C)c1C(=O)C(=O)NCc1ccccc1Cl. The van der Waals surface area contributed by atoms with Gasteiger partial charge >= 0.3 is 0 Å². The molecule has 1 N–H and O–H groups in total.